The Bertz CT molecular complexity index is 1200. The maximum atomic E-state index is 13.8. The maximum absolute atomic E-state index is 13.8. The molecule has 0 unspecified atom stereocenters. The van der Waals surface area contributed by atoms with Crippen LogP contribution in [-0.2, 0) is 23.8 Å². The highest BCUT2D eigenvalue weighted by atomic mass is 32.2. The van der Waals surface area contributed by atoms with E-state index in [2.05, 4.69) is 102 Å². The average Bonchev–Trinajstić information content (AvgIpc) is 3.34. The number of nitrogens with zero attached hydrogens (tertiary/aromatic N) is 3. The van der Waals surface area contributed by atoms with E-state index in [1.807, 2.05) is 6.08 Å². The standard InChI is InChI=1S/C28H57N3O5SSi3/c1-26(2,3)38(12,13)25-29-19-21(31(25)37(32,33)30(10)11)22-18-23(36-40(16,17)28(7,8)9)24(35-22)20-34-39(14,15)27(4,5)6/h18-19,23-24H,20H2,1-17H3/t23-,24+/m0/s1. The molecule has 12 heteroatoms. The first-order chi connectivity index (χ1) is 17.6. The second-order valence-electron chi connectivity index (χ2n) is 16.0. The zero-order valence-electron chi connectivity index (χ0n) is 28.3. The molecule has 40 heavy (non-hydrogen) atoms. The van der Waals surface area contributed by atoms with Crippen molar-refractivity contribution in [3.8, 4) is 0 Å². The third-order valence-electron chi connectivity index (χ3n) is 9.71. The van der Waals surface area contributed by atoms with Gasteiger partial charge in [0.1, 0.15) is 37.2 Å². The van der Waals surface area contributed by atoms with Gasteiger partial charge in [-0.3, -0.25) is 0 Å². The summed E-state index contributed by atoms with van der Waals surface area (Å²) in [5.41, 5.74) is 1.04. The van der Waals surface area contributed by atoms with Crippen LogP contribution in [0.25, 0.3) is 5.76 Å². The van der Waals surface area contributed by atoms with Gasteiger partial charge in [0.2, 0.25) is 0 Å². The summed E-state index contributed by atoms with van der Waals surface area (Å²) < 4.78 is 50.3. The van der Waals surface area contributed by atoms with Crippen LogP contribution in [0.2, 0.25) is 54.4 Å². The number of rotatable bonds is 9. The highest BCUT2D eigenvalue weighted by Crippen LogP contribution is 2.42. The first kappa shape index (κ1) is 35.4. The molecule has 2 rings (SSSR count). The second kappa shape index (κ2) is 11.1. The van der Waals surface area contributed by atoms with E-state index in [1.54, 1.807) is 20.3 Å². The summed E-state index contributed by atoms with van der Waals surface area (Å²) in [5, 5.41) is -0.0677. The second-order valence-corrected chi connectivity index (χ2v) is 32.8. The first-order valence-corrected chi connectivity index (χ1v) is 24.5. The van der Waals surface area contributed by atoms with Crippen LogP contribution in [0.5, 0.6) is 0 Å². The summed E-state index contributed by atoms with van der Waals surface area (Å²) in [4.78, 5) is 4.77. The van der Waals surface area contributed by atoms with Crippen LogP contribution in [0.3, 0.4) is 0 Å². The first-order valence-electron chi connectivity index (χ1n) is 14.3. The Hall–Kier alpha value is -0.769. The van der Waals surface area contributed by atoms with Gasteiger partial charge in [-0.25, -0.2) is 8.96 Å². The lowest BCUT2D eigenvalue weighted by Crippen LogP contribution is -2.56. The largest absolute Gasteiger partial charge is 0.483 e. The summed E-state index contributed by atoms with van der Waals surface area (Å²) in [5.74, 6) is 0.482. The predicted octanol–water partition coefficient (Wildman–Crippen LogP) is 6.41. The van der Waals surface area contributed by atoms with Crippen molar-refractivity contribution in [3.63, 3.8) is 0 Å². The summed E-state index contributed by atoms with van der Waals surface area (Å²) in [6, 6.07) is 0. The van der Waals surface area contributed by atoms with E-state index in [9.17, 15) is 8.42 Å². The van der Waals surface area contributed by atoms with Crippen LogP contribution < -0.4 is 5.45 Å². The molecule has 0 saturated carbocycles. The molecule has 0 amide bonds. The molecular weight excluding hydrogens is 575 g/mol. The summed E-state index contributed by atoms with van der Waals surface area (Å²) >= 11 is 0. The molecule has 2 atom stereocenters. The van der Waals surface area contributed by atoms with Crippen LogP contribution in [0.15, 0.2) is 12.3 Å². The summed E-state index contributed by atoms with van der Waals surface area (Å²) in [7, 11) is -7.36. The molecule has 8 nitrogen and oxygen atoms in total. The van der Waals surface area contributed by atoms with E-state index >= 15 is 0 Å². The van der Waals surface area contributed by atoms with E-state index in [0.717, 1.165) is 0 Å². The van der Waals surface area contributed by atoms with Crippen LogP contribution >= 0.6 is 0 Å². The Kier molecular flexibility index (Phi) is 9.79. The molecule has 0 saturated heterocycles. The van der Waals surface area contributed by atoms with E-state index < -0.39 is 34.9 Å². The number of hydrogen-bond acceptors (Lipinski definition) is 6. The van der Waals surface area contributed by atoms with Gasteiger partial charge in [0.25, 0.3) is 0 Å². The molecule has 1 aromatic rings. The number of aromatic nitrogens is 2. The molecule has 0 spiro atoms. The van der Waals surface area contributed by atoms with Gasteiger partial charge in [0.05, 0.1) is 12.8 Å². The minimum absolute atomic E-state index is 0.0000318. The molecule has 0 aliphatic carbocycles. The molecule has 1 aromatic heterocycles. The minimum Gasteiger partial charge on any atom is -0.483 e. The quantitative estimate of drug-likeness (QED) is 0.293. The molecule has 0 aromatic carbocycles. The topological polar surface area (TPSA) is 82.9 Å². The van der Waals surface area contributed by atoms with E-state index in [1.165, 1.54) is 8.28 Å². The molecule has 0 N–H and O–H groups in total. The van der Waals surface area contributed by atoms with Crippen molar-refractivity contribution in [3.05, 3.63) is 18.0 Å². The third kappa shape index (κ3) is 6.89. The maximum Gasteiger partial charge on any atom is 0.308 e. The van der Waals surface area contributed by atoms with Crippen molar-refractivity contribution in [2.75, 3.05) is 20.7 Å². The Labute approximate surface area is 248 Å². The van der Waals surface area contributed by atoms with Gasteiger partial charge in [0, 0.05) is 14.1 Å². The fraction of sp³-hybridized carbons (Fsp3) is 0.821. The lowest BCUT2D eigenvalue weighted by Gasteiger charge is -2.40. The van der Waals surface area contributed by atoms with Gasteiger partial charge in [-0.2, -0.15) is 12.7 Å². The Morgan fingerprint density at radius 3 is 1.82 bits per heavy atom. The fourth-order valence-corrected chi connectivity index (χ4v) is 9.55. The summed E-state index contributed by atoms with van der Waals surface area (Å²) in [6.07, 6.45) is 2.86. The molecule has 232 valence electrons. The van der Waals surface area contributed by atoms with Gasteiger partial charge >= 0.3 is 10.2 Å². The van der Waals surface area contributed by atoms with Gasteiger partial charge in [-0.15, -0.1) is 0 Å². The Balaban J connectivity index is 2.69. The lowest BCUT2D eigenvalue weighted by atomic mass is 10.2. The van der Waals surface area contributed by atoms with E-state index in [4.69, 9.17) is 18.6 Å². The van der Waals surface area contributed by atoms with E-state index in [-0.39, 0.29) is 27.3 Å². The summed E-state index contributed by atoms with van der Waals surface area (Å²) in [6.45, 7) is 33.4. The molecule has 1 aliphatic heterocycles. The Morgan fingerprint density at radius 1 is 0.900 bits per heavy atom. The van der Waals surface area contributed by atoms with Crippen LogP contribution in [-0.4, -0.2) is 79.3 Å². The van der Waals surface area contributed by atoms with Crippen molar-refractivity contribution in [1.29, 1.82) is 0 Å². The Morgan fingerprint density at radius 2 is 1.40 bits per heavy atom. The normalized spacial score (nSPS) is 20.2. The van der Waals surface area contributed by atoms with Crippen molar-refractivity contribution < 1.29 is 22.0 Å². The van der Waals surface area contributed by atoms with Crippen LogP contribution in [0, 0.1) is 0 Å². The molecule has 0 bridgehead atoms. The van der Waals surface area contributed by atoms with Crippen molar-refractivity contribution in [2.45, 2.75) is 129 Å². The molecular formula is C28H57N3O5SSi3. The predicted molar refractivity (Wildman–Crippen MR) is 175 cm³/mol. The monoisotopic (exact) mass is 631 g/mol. The van der Waals surface area contributed by atoms with Gasteiger partial charge in [-0.1, -0.05) is 75.4 Å². The van der Waals surface area contributed by atoms with Gasteiger partial charge < -0.3 is 13.6 Å². The number of hydrogen-bond donors (Lipinski definition) is 0. The number of ether oxygens (including phenoxy) is 1. The SMILES string of the molecule is CN(C)S(=O)(=O)n1c(C2=C[C@H](O[Si](C)(C)C(C)(C)C)[C@@H](CO[Si](C)(C)C(C)(C)C)O2)cnc1[Si](C)(C)C(C)(C)C. The number of imidazole rings is 1. The van der Waals surface area contributed by atoms with Gasteiger partial charge in [-0.05, 0) is 47.4 Å². The molecule has 1 aliphatic rings. The zero-order chi connectivity index (χ0) is 31.5. The van der Waals surface area contributed by atoms with Gasteiger partial charge in [0.15, 0.2) is 16.6 Å². The molecule has 2 heterocycles. The highest BCUT2D eigenvalue weighted by molar-refractivity contribution is 7.87. The highest BCUT2D eigenvalue weighted by Gasteiger charge is 2.47. The van der Waals surface area contributed by atoms with E-state index in [0.29, 0.717) is 23.5 Å². The lowest BCUT2D eigenvalue weighted by molar-refractivity contribution is 0.0377. The molecule has 0 radical (unpaired) electrons. The van der Waals surface area contributed by atoms with Crippen LogP contribution in [0.1, 0.15) is 68.0 Å². The third-order valence-corrected chi connectivity index (χ3v) is 25.8. The smallest absolute Gasteiger partial charge is 0.308 e. The van der Waals surface area contributed by atoms with Crippen molar-refractivity contribution >= 4 is 46.1 Å². The van der Waals surface area contributed by atoms with Crippen molar-refractivity contribution in [2.24, 2.45) is 0 Å². The fourth-order valence-electron chi connectivity index (χ4n) is 3.59. The van der Waals surface area contributed by atoms with Crippen molar-refractivity contribution in [1.82, 2.24) is 13.3 Å². The molecule has 0 fully saturated rings. The average molecular weight is 632 g/mol. The zero-order valence-corrected chi connectivity index (χ0v) is 32.1. The minimum atomic E-state index is -3.88. The van der Waals surface area contributed by atoms with Crippen LogP contribution in [0.4, 0.5) is 0 Å².